The van der Waals surface area contributed by atoms with Gasteiger partial charge >= 0.3 is 36.2 Å². The molecule has 0 amide bonds. The van der Waals surface area contributed by atoms with Crippen LogP contribution in [0.4, 0.5) is 8.78 Å². The summed E-state index contributed by atoms with van der Waals surface area (Å²) >= 11 is 0. The summed E-state index contributed by atoms with van der Waals surface area (Å²) in [6.45, 7) is -2.92. The molecule has 7 nitrogen and oxygen atoms in total. The summed E-state index contributed by atoms with van der Waals surface area (Å²) in [6, 6.07) is 5.89. The number of hydrogen-bond acceptors (Lipinski definition) is 6. The number of benzene rings is 1. The molecular weight excluding hydrogens is 402 g/mol. The first-order valence-electron chi connectivity index (χ1n) is 7.40. The van der Waals surface area contributed by atoms with Crippen LogP contribution >= 0.6 is 0 Å². The number of ether oxygens (including phenoxy) is 3. The Bertz CT molecular complexity index is 967. The third-order valence-electron chi connectivity index (χ3n) is 3.51. The summed E-state index contributed by atoms with van der Waals surface area (Å²) in [5.74, 6) is 0.908. The monoisotopic (exact) mass is 418 g/mol. The van der Waals surface area contributed by atoms with E-state index in [0.717, 1.165) is 0 Å². The molecule has 1 unspecified atom stereocenters. The van der Waals surface area contributed by atoms with E-state index in [1.807, 2.05) is 0 Å². The third kappa shape index (κ3) is 5.43. The van der Waals surface area contributed by atoms with Gasteiger partial charge < -0.3 is 20.6 Å². The van der Waals surface area contributed by atoms with Crippen molar-refractivity contribution in [3.63, 3.8) is 0 Å². The van der Waals surface area contributed by atoms with Crippen LogP contribution in [0.3, 0.4) is 0 Å². The minimum absolute atomic E-state index is 0. The van der Waals surface area contributed by atoms with E-state index in [0.29, 0.717) is 28.2 Å². The van der Waals surface area contributed by atoms with Crippen molar-refractivity contribution in [1.29, 1.82) is 0 Å². The van der Waals surface area contributed by atoms with Crippen LogP contribution in [-0.2, 0) is 16.6 Å². The molecule has 0 fully saturated rings. The van der Waals surface area contributed by atoms with Gasteiger partial charge in [-0.25, -0.2) is 4.98 Å². The summed E-state index contributed by atoms with van der Waals surface area (Å²) < 4.78 is 52.1. The van der Waals surface area contributed by atoms with Gasteiger partial charge in [0, 0.05) is 26.7 Å². The summed E-state index contributed by atoms with van der Waals surface area (Å²) in [4.78, 5) is 11.3. The number of nitrogens with one attached hydrogen (secondary N) is 1. The van der Waals surface area contributed by atoms with Crippen molar-refractivity contribution in [3.8, 4) is 17.2 Å². The van der Waals surface area contributed by atoms with Crippen molar-refractivity contribution in [3.05, 3.63) is 36.2 Å². The Morgan fingerprint density at radius 2 is 2.00 bits per heavy atom. The van der Waals surface area contributed by atoms with Crippen LogP contribution in [-0.4, -0.2) is 48.4 Å². The summed E-state index contributed by atoms with van der Waals surface area (Å²) in [5, 5.41) is 0.195. The Labute approximate surface area is 188 Å². The van der Waals surface area contributed by atoms with Crippen molar-refractivity contribution in [2.75, 3.05) is 14.2 Å². The summed E-state index contributed by atoms with van der Waals surface area (Å²) in [7, 11) is 1.41. The van der Waals surface area contributed by atoms with Crippen molar-refractivity contribution >= 4 is 30.2 Å². The number of alkyl halides is 2. The normalized spacial score (nSPS) is 11.5. The first-order chi connectivity index (χ1) is 12.5. The Kier molecular flexibility index (Phi) is 9.35. The van der Waals surface area contributed by atoms with Crippen molar-refractivity contribution in [2.24, 2.45) is 0 Å². The molecule has 3 rings (SSSR count). The molecule has 143 valence electrons. The van der Waals surface area contributed by atoms with Gasteiger partial charge in [-0.15, -0.1) is 0 Å². The molecule has 3 aromatic rings. The smallest absolute Gasteiger partial charge is 1.00 e. The number of methoxy groups -OCH3 is 2. The summed E-state index contributed by atoms with van der Waals surface area (Å²) in [6.07, 6.45) is 1.53. The number of aromatic amines is 1. The molecule has 12 heteroatoms. The van der Waals surface area contributed by atoms with E-state index >= 15 is 0 Å². The second kappa shape index (κ2) is 10.7. The predicted octanol–water partition coefficient (Wildman–Crippen LogP) is -0.380. The quantitative estimate of drug-likeness (QED) is 0.527. The van der Waals surface area contributed by atoms with Gasteiger partial charge in [0.2, 0.25) is 0 Å². The van der Waals surface area contributed by atoms with Crippen molar-refractivity contribution in [1.82, 2.24) is 15.0 Å². The molecule has 1 aromatic carbocycles. The number of pyridine rings is 1. The molecule has 3 radical (unpaired) electrons. The minimum atomic E-state index is -2.92. The minimum Gasteiger partial charge on any atom is -1.00 e. The molecular formula is C16H16BF2N3NaO4S. The van der Waals surface area contributed by atoms with Gasteiger partial charge in [0.05, 0.1) is 47.5 Å². The second-order valence-corrected chi connectivity index (χ2v) is 6.45. The maximum Gasteiger partial charge on any atom is 1.00 e. The van der Waals surface area contributed by atoms with Crippen molar-refractivity contribution in [2.45, 2.75) is 17.5 Å². The number of halogens is 2. The van der Waals surface area contributed by atoms with E-state index < -0.39 is 17.4 Å². The maximum absolute atomic E-state index is 12.6. The third-order valence-corrected chi connectivity index (χ3v) is 4.67. The van der Waals surface area contributed by atoms with E-state index in [1.54, 1.807) is 6.07 Å². The molecule has 0 aliphatic carbocycles. The maximum atomic E-state index is 12.6. The predicted molar refractivity (Wildman–Crippen MR) is 97.0 cm³/mol. The number of imidazole rings is 1. The SMILES string of the molecule is COc1ccnc(CS(=O)c2nc3ccc(OC(F)F)cc3[nH]2)c1OC.[B].[H-].[Na+]. The number of fused-ring (bicyclic) bond motifs is 1. The van der Waals surface area contributed by atoms with E-state index in [1.165, 1.54) is 38.6 Å². The summed E-state index contributed by atoms with van der Waals surface area (Å²) in [5.41, 5.74) is 1.38. The number of hydrogen-bond donors (Lipinski definition) is 1. The number of H-pyrrole nitrogens is 1. The van der Waals surface area contributed by atoms with E-state index in [4.69, 9.17) is 9.47 Å². The molecule has 1 atom stereocenters. The topological polar surface area (TPSA) is 86.3 Å². The van der Waals surface area contributed by atoms with Gasteiger partial charge in [0.1, 0.15) is 5.75 Å². The van der Waals surface area contributed by atoms with Crippen LogP contribution in [0.2, 0.25) is 0 Å². The van der Waals surface area contributed by atoms with Gasteiger partial charge in [-0.3, -0.25) is 9.19 Å². The van der Waals surface area contributed by atoms with Crippen LogP contribution in [0.1, 0.15) is 7.12 Å². The van der Waals surface area contributed by atoms with Gasteiger partial charge in [-0.05, 0) is 12.1 Å². The zero-order valence-corrected chi connectivity index (χ0v) is 18.3. The van der Waals surface area contributed by atoms with Gasteiger partial charge in [-0.2, -0.15) is 8.78 Å². The Morgan fingerprint density at radius 3 is 2.64 bits per heavy atom. The fourth-order valence-electron chi connectivity index (χ4n) is 2.40. The van der Waals surface area contributed by atoms with Crippen LogP contribution in [0.15, 0.2) is 35.6 Å². The molecule has 0 aliphatic rings. The fourth-order valence-corrected chi connectivity index (χ4v) is 3.41. The van der Waals surface area contributed by atoms with Gasteiger partial charge in [0.25, 0.3) is 0 Å². The van der Waals surface area contributed by atoms with Gasteiger partial charge in [-0.1, -0.05) is 0 Å². The number of nitrogens with zero attached hydrogens (tertiary/aromatic N) is 2. The molecule has 1 N–H and O–H groups in total. The van der Waals surface area contributed by atoms with E-state index in [9.17, 15) is 13.0 Å². The Balaban J connectivity index is 0.00000261. The molecule has 2 aromatic heterocycles. The van der Waals surface area contributed by atoms with Crippen LogP contribution in [0, 0.1) is 0 Å². The standard InChI is InChI=1S/C16H15F2N3O4S.B.Na.H/c1-23-13-5-6-19-12(14(13)24-2)8-26(22)16-20-10-4-3-9(25-15(17)18)7-11(10)21-16;;;/h3-7,15H,8H2,1-2H3,(H,20,21);;;/q;;+1;-1. The van der Waals surface area contributed by atoms with Crippen LogP contribution in [0.25, 0.3) is 11.0 Å². The van der Waals surface area contributed by atoms with Crippen molar-refractivity contribution < 1.29 is 58.2 Å². The molecule has 0 spiro atoms. The Morgan fingerprint density at radius 1 is 1.25 bits per heavy atom. The Hall–Kier alpha value is -1.69. The zero-order valence-electron chi connectivity index (χ0n) is 16.4. The van der Waals surface area contributed by atoms with Gasteiger partial charge in [0.15, 0.2) is 16.7 Å². The molecule has 0 saturated carbocycles. The number of rotatable bonds is 7. The first kappa shape index (κ1) is 24.4. The zero-order chi connectivity index (χ0) is 18.7. The first-order valence-corrected chi connectivity index (χ1v) is 8.72. The fraction of sp³-hybridized carbons (Fsp3) is 0.250. The molecule has 2 heterocycles. The van der Waals surface area contributed by atoms with E-state index in [-0.39, 0.29) is 56.1 Å². The second-order valence-electron chi connectivity index (χ2n) is 5.08. The molecule has 0 bridgehead atoms. The number of aromatic nitrogens is 3. The van der Waals surface area contributed by atoms with E-state index in [2.05, 4.69) is 19.7 Å². The molecule has 28 heavy (non-hydrogen) atoms. The molecule has 0 aliphatic heterocycles. The van der Waals surface area contributed by atoms with Crippen LogP contribution in [0.5, 0.6) is 17.2 Å². The molecule has 0 saturated heterocycles. The average molecular weight is 418 g/mol. The largest absolute Gasteiger partial charge is 1.00 e. The van der Waals surface area contributed by atoms with Crippen LogP contribution < -0.4 is 43.8 Å². The average Bonchev–Trinajstić information content (AvgIpc) is 3.04.